The Balaban J connectivity index is 1.50. The molecule has 174 valence electrons. The van der Waals surface area contributed by atoms with Crippen molar-refractivity contribution in [3.63, 3.8) is 0 Å². The van der Waals surface area contributed by atoms with E-state index in [1.807, 2.05) is 37.3 Å². The Kier molecular flexibility index (Phi) is 5.57. The molecule has 0 radical (unpaired) electrons. The summed E-state index contributed by atoms with van der Waals surface area (Å²) in [5.41, 5.74) is 4.30. The number of aryl methyl sites for hydroxylation is 1. The van der Waals surface area contributed by atoms with Crippen molar-refractivity contribution >= 4 is 11.4 Å². The van der Waals surface area contributed by atoms with Gasteiger partial charge < -0.3 is 14.6 Å². The predicted molar refractivity (Wildman–Crippen MR) is 128 cm³/mol. The molecule has 2 aromatic carbocycles. The first-order valence-electron chi connectivity index (χ1n) is 11.4. The second-order valence-electron chi connectivity index (χ2n) is 9.14. The molecule has 4 aromatic rings. The lowest BCUT2D eigenvalue weighted by molar-refractivity contribution is 0.0784. The van der Waals surface area contributed by atoms with Crippen molar-refractivity contribution in [2.45, 2.75) is 39.2 Å². The summed E-state index contributed by atoms with van der Waals surface area (Å²) in [6.07, 6.45) is 0.991. The molecule has 0 bridgehead atoms. The molecule has 0 saturated carbocycles. The molecule has 1 N–H and O–H groups in total. The van der Waals surface area contributed by atoms with Gasteiger partial charge in [0.2, 0.25) is 0 Å². The van der Waals surface area contributed by atoms with Crippen LogP contribution in [0.1, 0.15) is 47.6 Å². The van der Waals surface area contributed by atoms with E-state index in [9.17, 15) is 9.90 Å². The Hall–Kier alpha value is -3.71. The van der Waals surface area contributed by atoms with E-state index in [0.717, 1.165) is 34.7 Å². The van der Waals surface area contributed by atoms with Crippen LogP contribution in [-0.2, 0) is 12.0 Å². The zero-order valence-corrected chi connectivity index (χ0v) is 19.5. The van der Waals surface area contributed by atoms with Crippen LogP contribution >= 0.6 is 0 Å². The fourth-order valence-electron chi connectivity index (χ4n) is 4.09. The maximum absolute atomic E-state index is 13.0. The second kappa shape index (κ2) is 8.57. The van der Waals surface area contributed by atoms with E-state index < -0.39 is 5.60 Å². The molecule has 34 heavy (non-hydrogen) atoms. The van der Waals surface area contributed by atoms with Gasteiger partial charge in [0.1, 0.15) is 0 Å². The highest BCUT2D eigenvalue weighted by Crippen LogP contribution is 2.34. The molecule has 7 nitrogen and oxygen atoms in total. The van der Waals surface area contributed by atoms with Gasteiger partial charge in [-0.2, -0.15) is 5.10 Å². The smallest absolute Gasteiger partial charge is 0.168 e. The van der Waals surface area contributed by atoms with E-state index in [0.29, 0.717) is 35.9 Å². The maximum atomic E-state index is 13.0. The molecular formula is C27H27N3O4. The highest BCUT2D eigenvalue weighted by Gasteiger charge is 2.19. The molecule has 2 aromatic heterocycles. The number of ketones is 1. The Labute approximate surface area is 198 Å². The van der Waals surface area contributed by atoms with E-state index in [1.165, 1.54) is 0 Å². The minimum Gasteiger partial charge on any atom is -0.490 e. The molecule has 0 fully saturated rings. The molecule has 3 heterocycles. The summed E-state index contributed by atoms with van der Waals surface area (Å²) in [4.78, 5) is 17.7. The summed E-state index contributed by atoms with van der Waals surface area (Å²) in [5, 5.41) is 14.8. The Morgan fingerprint density at radius 1 is 1.03 bits per heavy atom. The van der Waals surface area contributed by atoms with E-state index in [1.54, 1.807) is 42.6 Å². The van der Waals surface area contributed by atoms with Gasteiger partial charge in [-0.3, -0.25) is 4.79 Å². The third-order valence-corrected chi connectivity index (χ3v) is 5.90. The van der Waals surface area contributed by atoms with Crippen LogP contribution < -0.4 is 9.47 Å². The molecule has 1 aliphatic rings. The van der Waals surface area contributed by atoms with Gasteiger partial charge in [-0.1, -0.05) is 24.3 Å². The standard InChI is InChI=1S/C27H27N3O4/c1-17-13-26-28-21(16-23(31)18-5-8-20(9-6-18)27(2,3)32)15-22(30(26)29-17)19-7-10-24-25(14-19)34-12-4-11-33-24/h5-10,13-15,32H,4,11-12,16H2,1-3H3. The number of nitrogens with zero attached hydrogens (tertiary/aromatic N) is 3. The second-order valence-corrected chi connectivity index (χ2v) is 9.14. The highest BCUT2D eigenvalue weighted by atomic mass is 16.5. The summed E-state index contributed by atoms with van der Waals surface area (Å²) in [7, 11) is 0. The maximum Gasteiger partial charge on any atom is 0.168 e. The number of benzene rings is 2. The minimum absolute atomic E-state index is 0.0417. The van der Waals surface area contributed by atoms with Gasteiger partial charge in [0.05, 0.1) is 42.3 Å². The van der Waals surface area contributed by atoms with Crippen LogP contribution in [0.3, 0.4) is 0 Å². The van der Waals surface area contributed by atoms with Crippen molar-refractivity contribution in [3.05, 3.63) is 77.1 Å². The number of aromatic nitrogens is 3. The normalized spacial score (nSPS) is 13.6. The number of aliphatic hydroxyl groups is 1. The van der Waals surface area contributed by atoms with Crippen LogP contribution in [-0.4, -0.2) is 38.7 Å². The third kappa shape index (κ3) is 4.39. The van der Waals surface area contributed by atoms with Gasteiger partial charge in [-0.05, 0) is 50.6 Å². The topological polar surface area (TPSA) is 86.0 Å². The lowest BCUT2D eigenvalue weighted by Gasteiger charge is -2.17. The largest absolute Gasteiger partial charge is 0.490 e. The van der Waals surface area contributed by atoms with Crippen LogP contribution in [0.2, 0.25) is 0 Å². The van der Waals surface area contributed by atoms with Crippen molar-refractivity contribution in [1.82, 2.24) is 14.6 Å². The summed E-state index contributed by atoms with van der Waals surface area (Å²) in [5.74, 6) is 1.39. The highest BCUT2D eigenvalue weighted by molar-refractivity contribution is 5.97. The molecule has 0 aliphatic carbocycles. The number of rotatable bonds is 5. The van der Waals surface area contributed by atoms with Crippen LogP contribution in [0.25, 0.3) is 16.9 Å². The summed E-state index contributed by atoms with van der Waals surface area (Å²) in [6.45, 7) is 6.60. The molecule has 5 rings (SSSR count). The van der Waals surface area contributed by atoms with Crippen LogP contribution in [0.4, 0.5) is 0 Å². The molecule has 0 spiro atoms. The van der Waals surface area contributed by atoms with E-state index in [2.05, 4.69) is 5.10 Å². The first kappa shape index (κ1) is 22.1. The Morgan fingerprint density at radius 2 is 1.76 bits per heavy atom. The molecular weight excluding hydrogens is 430 g/mol. The molecule has 1 aliphatic heterocycles. The number of fused-ring (bicyclic) bond motifs is 2. The zero-order valence-electron chi connectivity index (χ0n) is 19.5. The van der Waals surface area contributed by atoms with Gasteiger partial charge >= 0.3 is 0 Å². The van der Waals surface area contributed by atoms with Crippen LogP contribution in [0.5, 0.6) is 11.5 Å². The fourth-order valence-corrected chi connectivity index (χ4v) is 4.09. The number of ether oxygens (including phenoxy) is 2. The van der Waals surface area contributed by atoms with E-state index in [4.69, 9.17) is 14.5 Å². The number of carbonyl (C=O) groups is 1. The number of hydrogen-bond donors (Lipinski definition) is 1. The number of Topliss-reactive ketones (excluding diaryl/α,β-unsaturated/α-hetero) is 1. The Bertz CT molecular complexity index is 1370. The minimum atomic E-state index is -0.953. The quantitative estimate of drug-likeness (QED) is 0.444. The monoisotopic (exact) mass is 457 g/mol. The predicted octanol–water partition coefficient (Wildman–Crippen LogP) is 4.52. The average molecular weight is 458 g/mol. The summed E-state index contributed by atoms with van der Waals surface area (Å²) >= 11 is 0. The molecule has 7 heteroatoms. The van der Waals surface area contributed by atoms with Crippen molar-refractivity contribution in [2.75, 3.05) is 13.2 Å². The molecule has 0 unspecified atom stereocenters. The zero-order chi connectivity index (χ0) is 23.9. The van der Waals surface area contributed by atoms with Gasteiger partial charge in [0.25, 0.3) is 0 Å². The van der Waals surface area contributed by atoms with Crippen molar-refractivity contribution in [2.24, 2.45) is 0 Å². The molecule has 0 amide bonds. The average Bonchev–Trinajstić information content (AvgIpc) is 3.02. The van der Waals surface area contributed by atoms with Crippen molar-refractivity contribution in [1.29, 1.82) is 0 Å². The van der Waals surface area contributed by atoms with Gasteiger partial charge in [-0.25, -0.2) is 9.50 Å². The first-order chi connectivity index (χ1) is 16.3. The first-order valence-corrected chi connectivity index (χ1v) is 11.4. The summed E-state index contributed by atoms with van der Waals surface area (Å²) in [6, 6.07) is 16.7. The van der Waals surface area contributed by atoms with E-state index in [-0.39, 0.29) is 12.2 Å². The third-order valence-electron chi connectivity index (χ3n) is 5.90. The van der Waals surface area contributed by atoms with Crippen LogP contribution in [0.15, 0.2) is 54.6 Å². The molecule has 0 atom stereocenters. The van der Waals surface area contributed by atoms with Gasteiger partial charge in [-0.15, -0.1) is 0 Å². The Morgan fingerprint density at radius 3 is 2.50 bits per heavy atom. The number of carbonyl (C=O) groups excluding carboxylic acids is 1. The number of hydrogen-bond acceptors (Lipinski definition) is 6. The lowest BCUT2D eigenvalue weighted by atomic mass is 9.96. The van der Waals surface area contributed by atoms with Crippen LogP contribution in [0, 0.1) is 6.92 Å². The fraction of sp³-hybridized carbons (Fsp3) is 0.296. The summed E-state index contributed by atoms with van der Waals surface area (Å²) < 4.78 is 13.4. The van der Waals surface area contributed by atoms with Gasteiger partial charge in [0, 0.05) is 23.6 Å². The van der Waals surface area contributed by atoms with Crippen molar-refractivity contribution in [3.8, 4) is 22.8 Å². The van der Waals surface area contributed by atoms with E-state index >= 15 is 0 Å². The lowest BCUT2D eigenvalue weighted by Crippen LogP contribution is -2.15. The molecule has 0 saturated heterocycles. The van der Waals surface area contributed by atoms with Gasteiger partial charge in [0.15, 0.2) is 22.9 Å². The van der Waals surface area contributed by atoms with Crippen molar-refractivity contribution < 1.29 is 19.4 Å². The SMILES string of the molecule is Cc1cc2nc(CC(=O)c3ccc(C(C)(C)O)cc3)cc(-c3ccc4c(c3)OCCCO4)n2n1.